The third-order valence-corrected chi connectivity index (χ3v) is 5.04. The van der Waals surface area contributed by atoms with Crippen molar-refractivity contribution >= 4 is 23.3 Å². The summed E-state index contributed by atoms with van der Waals surface area (Å²) in [5.41, 5.74) is 4.55. The fraction of sp³-hybridized carbons (Fsp3) is 0.217. The van der Waals surface area contributed by atoms with Gasteiger partial charge in [0.1, 0.15) is 5.75 Å². The first-order valence-corrected chi connectivity index (χ1v) is 10.3. The minimum absolute atomic E-state index is 0.297. The summed E-state index contributed by atoms with van der Waals surface area (Å²) >= 11 is 0. The van der Waals surface area contributed by atoms with Gasteiger partial charge >= 0.3 is 5.69 Å². The van der Waals surface area contributed by atoms with Gasteiger partial charge in [-0.15, -0.1) is 0 Å². The molecule has 0 aliphatic rings. The molecular weight excluding hydrogens is 408 g/mol. The molecule has 0 fully saturated rings. The third-order valence-electron chi connectivity index (χ3n) is 5.04. The SMILES string of the molecule is CCOc1ccc(C=NNc2nc3c(c(=O)[nH]c(=O)n3C)n2CCc2ccccc2)cc1. The Hall–Kier alpha value is -4.14. The predicted molar refractivity (Wildman–Crippen MR) is 125 cm³/mol. The number of nitrogens with one attached hydrogen (secondary N) is 2. The molecule has 2 aromatic heterocycles. The number of nitrogens with zero attached hydrogens (tertiary/aromatic N) is 4. The number of hydrazone groups is 1. The second kappa shape index (κ2) is 9.34. The molecule has 2 N–H and O–H groups in total. The number of fused-ring (bicyclic) bond motifs is 1. The molecule has 0 saturated carbocycles. The first-order chi connectivity index (χ1) is 15.6. The van der Waals surface area contributed by atoms with E-state index >= 15 is 0 Å². The maximum Gasteiger partial charge on any atom is 0.329 e. The second-order valence-corrected chi connectivity index (χ2v) is 7.19. The molecule has 164 valence electrons. The van der Waals surface area contributed by atoms with Gasteiger partial charge in [0.25, 0.3) is 5.56 Å². The van der Waals surface area contributed by atoms with Crippen molar-refractivity contribution in [3.63, 3.8) is 0 Å². The Morgan fingerprint density at radius 1 is 1.12 bits per heavy atom. The van der Waals surface area contributed by atoms with Crippen molar-refractivity contribution in [2.24, 2.45) is 12.1 Å². The van der Waals surface area contributed by atoms with Crippen LogP contribution in [0.3, 0.4) is 0 Å². The average Bonchev–Trinajstić information content (AvgIpc) is 3.17. The molecule has 4 rings (SSSR count). The topological polar surface area (TPSA) is 106 Å². The minimum atomic E-state index is -0.514. The highest BCUT2D eigenvalue weighted by Crippen LogP contribution is 2.17. The van der Waals surface area contributed by atoms with Crippen LogP contribution in [0.25, 0.3) is 11.2 Å². The lowest BCUT2D eigenvalue weighted by Crippen LogP contribution is -2.29. The average molecular weight is 432 g/mol. The highest BCUT2D eigenvalue weighted by molar-refractivity contribution is 5.80. The van der Waals surface area contributed by atoms with E-state index in [1.165, 1.54) is 4.57 Å². The predicted octanol–water partition coefficient (Wildman–Crippen LogP) is 2.51. The lowest BCUT2D eigenvalue weighted by Gasteiger charge is -2.08. The van der Waals surface area contributed by atoms with E-state index in [-0.39, 0.29) is 0 Å². The molecule has 0 spiro atoms. The van der Waals surface area contributed by atoms with Crippen molar-refractivity contribution in [3.05, 3.63) is 86.6 Å². The van der Waals surface area contributed by atoms with Crippen LogP contribution in [0.5, 0.6) is 5.75 Å². The monoisotopic (exact) mass is 432 g/mol. The van der Waals surface area contributed by atoms with Crippen LogP contribution < -0.4 is 21.4 Å². The normalized spacial score (nSPS) is 11.3. The Kier molecular flexibility index (Phi) is 6.16. The van der Waals surface area contributed by atoms with E-state index in [4.69, 9.17) is 4.74 Å². The lowest BCUT2D eigenvalue weighted by atomic mass is 10.1. The summed E-state index contributed by atoms with van der Waals surface area (Å²) in [6.07, 6.45) is 2.34. The Morgan fingerprint density at radius 3 is 2.59 bits per heavy atom. The molecule has 0 atom stereocenters. The summed E-state index contributed by atoms with van der Waals surface area (Å²) < 4.78 is 8.51. The molecule has 0 aliphatic heterocycles. The first kappa shape index (κ1) is 21.1. The van der Waals surface area contributed by atoms with Crippen molar-refractivity contribution in [1.82, 2.24) is 19.1 Å². The molecule has 2 heterocycles. The number of aryl methyl sites for hydroxylation is 3. The van der Waals surface area contributed by atoms with Gasteiger partial charge in [-0.1, -0.05) is 30.3 Å². The van der Waals surface area contributed by atoms with Crippen LogP contribution in [-0.2, 0) is 20.0 Å². The molecule has 32 heavy (non-hydrogen) atoms. The number of ether oxygens (including phenoxy) is 1. The molecule has 0 bridgehead atoms. The van der Waals surface area contributed by atoms with E-state index < -0.39 is 11.2 Å². The van der Waals surface area contributed by atoms with Gasteiger partial charge < -0.3 is 9.30 Å². The summed E-state index contributed by atoms with van der Waals surface area (Å²) in [4.78, 5) is 31.4. The lowest BCUT2D eigenvalue weighted by molar-refractivity contribution is 0.340. The smallest absolute Gasteiger partial charge is 0.329 e. The van der Waals surface area contributed by atoms with Gasteiger partial charge in [0.15, 0.2) is 11.2 Å². The van der Waals surface area contributed by atoms with Gasteiger partial charge in [-0.3, -0.25) is 14.3 Å². The highest BCUT2D eigenvalue weighted by Gasteiger charge is 2.17. The van der Waals surface area contributed by atoms with Crippen molar-refractivity contribution < 1.29 is 4.74 Å². The second-order valence-electron chi connectivity index (χ2n) is 7.19. The highest BCUT2D eigenvalue weighted by atomic mass is 16.5. The number of H-pyrrole nitrogens is 1. The molecule has 0 amide bonds. The Morgan fingerprint density at radius 2 is 1.88 bits per heavy atom. The molecule has 0 aliphatic carbocycles. The van der Waals surface area contributed by atoms with Gasteiger partial charge in [-0.2, -0.15) is 10.1 Å². The van der Waals surface area contributed by atoms with Crippen LogP contribution in [0.15, 0.2) is 69.3 Å². The van der Waals surface area contributed by atoms with E-state index in [1.807, 2.05) is 61.5 Å². The maximum atomic E-state index is 12.6. The van der Waals surface area contributed by atoms with E-state index in [0.29, 0.717) is 36.7 Å². The molecule has 9 heteroatoms. The van der Waals surface area contributed by atoms with Gasteiger partial charge in [0.2, 0.25) is 5.95 Å². The number of anilines is 1. The summed E-state index contributed by atoms with van der Waals surface area (Å²) in [6, 6.07) is 17.5. The van der Waals surface area contributed by atoms with Crippen molar-refractivity contribution in [3.8, 4) is 5.75 Å². The molecular formula is C23H24N6O3. The summed E-state index contributed by atoms with van der Waals surface area (Å²) in [5, 5.41) is 4.28. The Labute approximate surface area is 184 Å². The summed E-state index contributed by atoms with van der Waals surface area (Å²) in [5.74, 6) is 1.17. The quantitative estimate of drug-likeness (QED) is 0.329. The molecule has 9 nitrogen and oxygen atoms in total. The number of aromatic amines is 1. The summed E-state index contributed by atoms with van der Waals surface area (Å²) in [7, 11) is 1.57. The standard InChI is InChI=1S/C23H24N6O3/c1-3-32-18-11-9-17(10-12-18)15-24-27-22-25-20-19(21(30)26-23(31)28(20)2)29(22)14-13-16-7-5-4-6-8-16/h4-12,15H,3,13-14H2,1-2H3,(H,25,27)(H,26,30,31). The zero-order valence-corrected chi connectivity index (χ0v) is 17.9. The van der Waals surface area contributed by atoms with Gasteiger partial charge in [0, 0.05) is 13.6 Å². The zero-order chi connectivity index (χ0) is 22.5. The molecule has 4 aromatic rings. The van der Waals surface area contributed by atoms with Crippen LogP contribution in [0.2, 0.25) is 0 Å². The van der Waals surface area contributed by atoms with E-state index in [0.717, 1.165) is 16.9 Å². The van der Waals surface area contributed by atoms with Crippen molar-refractivity contribution in [2.75, 3.05) is 12.0 Å². The molecule has 0 saturated heterocycles. The molecule has 0 radical (unpaired) electrons. The minimum Gasteiger partial charge on any atom is -0.494 e. The van der Waals surface area contributed by atoms with Crippen molar-refractivity contribution in [2.45, 2.75) is 19.9 Å². The third kappa shape index (κ3) is 4.46. The number of aromatic nitrogens is 4. The Bertz CT molecular complexity index is 1350. The number of hydrogen-bond acceptors (Lipinski definition) is 6. The van der Waals surface area contributed by atoms with Gasteiger partial charge in [0.05, 0.1) is 12.8 Å². The fourth-order valence-electron chi connectivity index (χ4n) is 3.40. The van der Waals surface area contributed by atoms with Crippen LogP contribution in [-0.4, -0.2) is 31.9 Å². The van der Waals surface area contributed by atoms with Gasteiger partial charge in [-0.25, -0.2) is 10.2 Å². The number of benzene rings is 2. The maximum absolute atomic E-state index is 12.6. The van der Waals surface area contributed by atoms with Crippen LogP contribution in [0.4, 0.5) is 5.95 Å². The first-order valence-electron chi connectivity index (χ1n) is 10.3. The van der Waals surface area contributed by atoms with Gasteiger partial charge in [-0.05, 0) is 48.7 Å². The fourth-order valence-corrected chi connectivity index (χ4v) is 3.40. The van der Waals surface area contributed by atoms with E-state index in [2.05, 4.69) is 20.5 Å². The van der Waals surface area contributed by atoms with Crippen LogP contribution >= 0.6 is 0 Å². The molecule has 2 aromatic carbocycles. The number of rotatable bonds is 8. The van der Waals surface area contributed by atoms with Crippen molar-refractivity contribution in [1.29, 1.82) is 0 Å². The summed E-state index contributed by atoms with van der Waals surface area (Å²) in [6.45, 7) is 3.03. The van der Waals surface area contributed by atoms with Crippen LogP contribution in [0.1, 0.15) is 18.1 Å². The zero-order valence-electron chi connectivity index (χ0n) is 17.9. The number of imidazole rings is 1. The Balaban J connectivity index is 1.64. The molecule has 0 unspecified atom stereocenters. The number of hydrogen-bond donors (Lipinski definition) is 2. The van der Waals surface area contributed by atoms with E-state index in [9.17, 15) is 9.59 Å². The van der Waals surface area contributed by atoms with E-state index in [1.54, 1.807) is 17.8 Å². The largest absolute Gasteiger partial charge is 0.494 e. The van der Waals surface area contributed by atoms with Crippen LogP contribution in [0, 0.1) is 0 Å².